The van der Waals surface area contributed by atoms with Gasteiger partial charge in [0, 0.05) is 25.9 Å². The van der Waals surface area contributed by atoms with Crippen molar-refractivity contribution in [3.05, 3.63) is 60.2 Å². The number of rotatable bonds is 5. The summed E-state index contributed by atoms with van der Waals surface area (Å²) in [5.74, 6) is 0.996. The van der Waals surface area contributed by atoms with Crippen LogP contribution in [-0.2, 0) is 17.8 Å². The number of amides is 1. The van der Waals surface area contributed by atoms with Crippen molar-refractivity contribution in [2.24, 2.45) is 0 Å². The van der Waals surface area contributed by atoms with Crippen molar-refractivity contribution in [3.63, 3.8) is 0 Å². The first-order valence-electron chi connectivity index (χ1n) is 8.21. The van der Waals surface area contributed by atoms with Gasteiger partial charge in [0.1, 0.15) is 12.4 Å². The molecule has 2 heterocycles. The van der Waals surface area contributed by atoms with Crippen LogP contribution in [0.25, 0.3) is 11.0 Å². The summed E-state index contributed by atoms with van der Waals surface area (Å²) in [6.45, 7) is 4.37. The van der Waals surface area contributed by atoms with E-state index in [0.29, 0.717) is 6.54 Å². The number of fused-ring (bicyclic) bond motifs is 1. The van der Waals surface area contributed by atoms with Gasteiger partial charge >= 0.3 is 0 Å². The van der Waals surface area contributed by atoms with Gasteiger partial charge in [0.15, 0.2) is 0 Å². The molecule has 0 aliphatic rings. The van der Waals surface area contributed by atoms with Gasteiger partial charge in [-0.05, 0) is 30.7 Å². The third-order valence-electron chi connectivity index (χ3n) is 4.48. The van der Waals surface area contributed by atoms with E-state index in [1.54, 1.807) is 17.3 Å². The van der Waals surface area contributed by atoms with Crippen LogP contribution in [0.5, 0.6) is 0 Å². The Bertz CT molecular complexity index is 841. The lowest BCUT2D eigenvalue weighted by molar-refractivity contribution is -0.132. The van der Waals surface area contributed by atoms with E-state index in [1.165, 1.54) is 0 Å². The Morgan fingerprint density at radius 3 is 2.75 bits per heavy atom. The summed E-state index contributed by atoms with van der Waals surface area (Å²) in [6, 6.07) is 11.8. The molecule has 3 aromatic rings. The molecule has 0 saturated carbocycles. The summed E-state index contributed by atoms with van der Waals surface area (Å²) >= 11 is 0. The summed E-state index contributed by atoms with van der Waals surface area (Å²) < 4.78 is 2.02. The highest BCUT2D eigenvalue weighted by molar-refractivity contribution is 5.81. The predicted molar refractivity (Wildman–Crippen MR) is 94.5 cm³/mol. The number of para-hydroxylation sites is 2. The van der Waals surface area contributed by atoms with Crippen molar-refractivity contribution < 1.29 is 4.79 Å². The van der Waals surface area contributed by atoms with Crippen LogP contribution in [-0.4, -0.2) is 32.4 Å². The first-order valence-corrected chi connectivity index (χ1v) is 8.21. The van der Waals surface area contributed by atoms with Crippen LogP contribution >= 0.6 is 0 Å². The van der Waals surface area contributed by atoms with Crippen LogP contribution in [0.15, 0.2) is 48.8 Å². The Hall–Kier alpha value is -2.69. The molecule has 1 aromatic carbocycles. The minimum Gasteiger partial charge on any atom is -0.337 e. The molecule has 0 saturated heterocycles. The summed E-state index contributed by atoms with van der Waals surface area (Å²) in [6.07, 6.45) is 4.34. The number of hydrogen-bond donors (Lipinski definition) is 0. The maximum Gasteiger partial charge on any atom is 0.242 e. The number of aryl methyl sites for hydroxylation is 1. The molecule has 0 radical (unpaired) electrons. The van der Waals surface area contributed by atoms with Gasteiger partial charge < -0.3 is 9.47 Å². The fourth-order valence-corrected chi connectivity index (χ4v) is 2.88. The molecule has 5 heteroatoms. The monoisotopic (exact) mass is 322 g/mol. The normalized spacial score (nSPS) is 12.3. The van der Waals surface area contributed by atoms with E-state index in [-0.39, 0.29) is 11.9 Å². The van der Waals surface area contributed by atoms with E-state index in [0.717, 1.165) is 28.8 Å². The standard InChI is InChI=1S/C19H22N4O/c1-4-18-21-16-9-5-6-10-17(16)23(18)13-19(24)22(3)14(2)15-8-7-11-20-12-15/h5-12,14H,4,13H2,1-3H3/t14-/m0/s1. The Balaban J connectivity index is 1.84. The van der Waals surface area contributed by atoms with Crippen LogP contribution in [0.2, 0.25) is 0 Å². The molecular formula is C19H22N4O. The Kier molecular flexibility index (Phi) is 4.60. The average molecular weight is 322 g/mol. The summed E-state index contributed by atoms with van der Waals surface area (Å²) in [4.78, 5) is 23.3. The molecule has 0 bridgehead atoms. The second kappa shape index (κ2) is 6.83. The average Bonchev–Trinajstić information content (AvgIpc) is 2.99. The van der Waals surface area contributed by atoms with Crippen molar-refractivity contribution in [1.82, 2.24) is 19.4 Å². The first kappa shape index (κ1) is 16.2. The van der Waals surface area contributed by atoms with Gasteiger partial charge in [-0.15, -0.1) is 0 Å². The highest BCUT2D eigenvalue weighted by Crippen LogP contribution is 2.20. The Morgan fingerprint density at radius 1 is 1.25 bits per heavy atom. The summed E-state index contributed by atoms with van der Waals surface area (Å²) in [5.41, 5.74) is 2.97. The van der Waals surface area contributed by atoms with E-state index in [1.807, 2.05) is 54.9 Å². The maximum absolute atomic E-state index is 12.8. The number of pyridine rings is 1. The fraction of sp³-hybridized carbons (Fsp3) is 0.316. The molecular weight excluding hydrogens is 300 g/mol. The van der Waals surface area contributed by atoms with Crippen LogP contribution in [0.3, 0.4) is 0 Å². The zero-order valence-corrected chi connectivity index (χ0v) is 14.3. The van der Waals surface area contributed by atoms with Gasteiger partial charge in [-0.3, -0.25) is 9.78 Å². The first-order chi connectivity index (χ1) is 11.6. The number of nitrogens with zero attached hydrogens (tertiary/aromatic N) is 4. The largest absolute Gasteiger partial charge is 0.337 e. The molecule has 0 aliphatic heterocycles. The van der Waals surface area contributed by atoms with Crippen LogP contribution < -0.4 is 0 Å². The van der Waals surface area contributed by atoms with E-state index in [2.05, 4.69) is 16.9 Å². The van der Waals surface area contributed by atoms with E-state index >= 15 is 0 Å². The fourth-order valence-electron chi connectivity index (χ4n) is 2.88. The molecule has 3 rings (SSSR count). The van der Waals surface area contributed by atoms with Crippen molar-refractivity contribution in [2.45, 2.75) is 32.9 Å². The van der Waals surface area contributed by atoms with E-state index in [4.69, 9.17) is 0 Å². The molecule has 0 unspecified atom stereocenters. The van der Waals surface area contributed by atoms with Gasteiger partial charge in [0.2, 0.25) is 5.91 Å². The molecule has 0 aliphatic carbocycles. The molecule has 0 fully saturated rings. The zero-order chi connectivity index (χ0) is 17.1. The van der Waals surface area contributed by atoms with Crippen LogP contribution in [0, 0.1) is 0 Å². The van der Waals surface area contributed by atoms with Gasteiger partial charge in [0.05, 0.1) is 17.1 Å². The molecule has 124 valence electrons. The lowest BCUT2D eigenvalue weighted by Gasteiger charge is -2.25. The van der Waals surface area contributed by atoms with E-state index in [9.17, 15) is 4.79 Å². The minimum atomic E-state index is -0.0222. The molecule has 24 heavy (non-hydrogen) atoms. The summed E-state index contributed by atoms with van der Waals surface area (Å²) in [7, 11) is 1.84. The molecule has 0 spiro atoms. The van der Waals surface area contributed by atoms with Crippen LogP contribution in [0.1, 0.15) is 31.3 Å². The third-order valence-corrected chi connectivity index (χ3v) is 4.48. The van der Waals surface area contributed by atoms with E-state index < -0.39 is 0 Å². The van der Waals surface area contributed by atoms with Gasteiger partial charge in [0.25, 0.3) is 0 Å². The number of carbonyl (C=O) groups is 1. The van der Waals surface area contributed by atoms with Gasteiger partial charge in [-0.2, -0.15) is 0 Å². The molecule has 1 atom stereocenters. The predicted octanol–water partition coefficient (Wildman–Crippen LogP) is 3.21. The number of imidazole rings is 1. The second-order valence-electron chi connectivity index (χ2n) is 5.92. The topological polar surface area (TPSA) is 51.0 Å². The number of likely N-dealkylation sites (N-methyl/N-ethyl adjacent to an activating group) is 1. The number of hydrogen-bond acceptors (Lipinski definition) is 3. The summed E-state index contributed by atoms with van der Waals surface area (Å²) in [5, 5.41) is 0. The molecule has 5 nitrogen and oxygen atoms in total. The highest BCUT2D eigenvalue weighted by Gasteiger charge is 2.20. The van der Waals surface area contributed by atoms with Crippen LogP contribution in [0.4, 0.5) is 0 Å². The molecule has 0 N–H and O–H groups in total. The molecule has 2 aromatic heterocycles. The molecule has 1 amide bonds. The number of carbonyl (C=O) groups excluding carboxylic acids is 1. The van der Waals surface area contributed by atoms with Crippen molar-refractivity contribution in [3.8, 4) is 0 Å². The van der Waals surface area contributed by atoms with Gasteiger partial charge in [-0.25, -0.2) is 4.98 Å². The highest BCUT2D eigenvalue weighted by atomic mass is 16.2. The smallest absolute Gasteiger partial charge is 0.242 e. The SMILES string of the molecule is CCc1nc2ccccc2n1CC(=O)N(C)[C@@H](C)c1cccnc1. The van der Waals surface area contributed by atoms with Crippen molar-refractivity contribution in [2.75, 3.05) is 7.05 Å². The zero-order valence-electron chi connectivity index (χ0n) is 14.3. The Morgan fingerprint density at radius 2 is 2.04 bits per heavy atom. The minimum absolute atomic E-state index is 0.0222. The maximum atomic E-state index is 12.8. The quantitative estimate of drug-likeness (QED) is 0.725. The lowest BCUT2D eigenvalue weighted by atomic mass is 10.1. The number of benzene rings is 1. The number of aromatic nitrogens is 3. The Labute approximate surface area is 142 Å². The lowest BCUT2D eigenvalue weighted by Crippen LogP contribution is -2.33. The van der Waals surface area contributed by atoms with Crippen molar-refractivity contribution >= 4 is 16.9 Å². The van der Waals surface area contributed by atoms with Gasteiger partial charge in [-0.1, -0.05) is 25.1 Å². The second-order valence-corrected chi connectivity index (χ2v) is 5.92. The van der Waals surface area contributed by atoms with Crippen molar-refractivity contribution in [1.29, 1.82) is 0 Å². The third kappa shape index (κ3) is 3.02.